The van der Waals surface area contributed by atoms with Crippen molar-refractivity contribution < 1.29 is 18.7 Å². The minimum atomic E-state index is -0.781. The number of anilines is 1. The molecule has 2 amide bonds. The van der Waals surface area contributed by atoms with Crippen LogP contribution in [0.5, 0.6) is 5.75 Å². The zero-order valence-corrected chi connectivity index (χ0v) is 16.7. The van der Waals surface area contributed by atoms with E-state index in [2.05, 4.69) is 5.10 Å². The number of carbonyl (C=O) groups is 2. The Morgan fingerprint density at radius 2 is 1.97 bits per heavy atom. The zero-order chi connectivity index (χ0) is 21.3. The fraction of sp³-hybridized carbons (Fsp3) is 0.318. The number of fused-ring (bicyclic) bond motifs is 1. The summed E-state index contributed by atoms with van der Waals surface area (Å²) in [5.74, 6) is -0.429. The van der Waals surface area contributed by atoms with E-state index in [0.717, 1.165) is 17.7 Å². The molecule has 0 fully saturated rings. The van der Waals surface area contributed by atoms with Gasteiger partial charge in [0.05, 0.1) is 12.3 Å². The summed E-state index contributed by atoms with van der Waals surface area (Å²) < 4.78 is 18.8. The number of nitrogens with two attached hydrogens (primary N) is 1. The lowest BCUT2D eigenvalue weighted by Crippen LogP contribution is -2.41. The number of amides is 2. The maximum Gasteiger partial charge on any atom is 0.270 e. The molecular formula is C22H23FN4O3. The first-order valence-electron chi connectivity index (χ1n) is 9.91. The molecule has 2 aromatic rings. The van der Waals surface area contributed by atoms with Gasteiger partial charge in [0.1, 0.15) is 23.3 Å². The largest absolute Gasteiger partial charge is 0.494 e. The maximum atomic E-state index is 13.3. The third-order valence-electron chi connectivity index (χ3n) is 5.37. The van der Waals surface area contributed by atoms with Crippen LogP contribution >= 0.6 is 0 Å². The summed E-state index contributed by atoms with van der Waals surface area (Å²) in [4.78, 5) is 26.8. The van der Waals surface area contributed by atoms with E-state index in [1.165, 1.54) is 34.8 Å². The van der Waals surface area contributed by atoms with Crippen LogP contribution in [-0.2, 0) is 22.6 Å². The molecule has 0 radical (unpaired) electrons. The molecule has 0 aromatic heterocycles. The molecule has 1 atom stereocenters. The molecule has 2 aromatic carbocycles. The number of carbonyl (C=O) groups excluding carboxylic acids is 2. The number of primary amides is 1. The normalized spacial score (nSPS) is 18.1. The predicted octanol–water partition coefficient (Wildman–Crippen LogP) is 2.23. The number of hydrogen-bond acceptors (Lipinski definition) is 5. The fourth-order valence-electron chi connectivity index (χ4n) is 3.84. The molecule has 0 saturated carbocycles. The molecule has 0 spiro atoms. The Kier molecular flexibility index (Phi) is 5.39. The van der Waals surface area contributed by atoms with Crippen LogP contribution in [0.15, 0.2) is 47.6 Å². The Labute approximate surface area is 173 Å². The van der Waals surface area contributed by atoms with Crippen LogP contribution in [0.25, 0.3) is 0 Å². The highest BCUT2D eigenvalue weighted by Crippen LogP contribution is 2.28. The van der Waals surface area contributed by atoms with E-state index >= 15 is 0 Å². The summed E-state index contributed by atoms with van der Waals surface area (Å²) >= 11 is 0. The third-order valence-corrected chi connectivity index (χ3v) is 5.37. The van der Waals surface area contributed by atoms with Crippen molar-refractivity contribution in [2.75, 3.05) is 18.2 Å². The molecule has 0 saturated heterocycles. The number of hydrogen-bond donors (Lipinski definition) is 1. The summed E-state index contributed by atoms with van der Waals surface area (Å²) in [5.41, 5.74) is 8.55. The second kappa shape index (κ2) is 8.14. The van der Waals surface area contributed by atoms with Gasteiger partial charge in [-0.3, -0.25) is 14.6 Å². The number of nitrogens with zero attached hydrogens (tertiary/aromatic N) is 3. The summed E-state index contributed by atoms with van der Waals surface area (Å²) in [5, 5.41) is 5.78. The number of hydrazone groups is 1. The van der Waals surface area contributed by atoms with E-state index in [1.807, 2.05) is 25.1 Å². The average molecular weight is 410 g/mol. The Balaban J connectivity index is 1.55. The van der Waals surface area contributed by atoms with Gasteiger partial charge in [-0.05, 0) is 60.9 Å². The number of benzene rings is 2. The van der Waals surface area contributed by atoms with Crippen LogP contribution in [-0.4, -0.2) is 41.6 Å². The lowest BCUT2D eigenvalue weighted by Gasteiger charge is -2.29. The first-order chi connectivity index (χ1) is 14.5. The second-order valence-corrected chi connectivity index (χ2v) is 7.33. The van der Waals surface area contributed by atoms with Crippen molar-refractivity contribution in [3.05, 3.63) is 59.4 Å². The highest BCUT2D eigenvalue weighted by molar-refractivity contribution is 6.40. The molecule has 2 heterocycles. The zero-order valence-electron chi connectivity index (χ0n) is 16.7. The topological polar surface area (TPSA) is 88.2 Å². The van der Waals surface area contributed by atoms with E-state index in [4.69, 9.17) is 10.5 Å². The Bertz CT molecular complexity index is 1010. The maximum absolute atomic E-state index is 13.3. The fourth-order valence-corrected chi connectivity index (χ4v) is 3.84. The van der Waals surface area contributed by atoms with Crippen LogP contribution in [0.4, 0.5) is 10.1 Å². The summed E-state index contributed by atoms with van der Waals surface area (Å²) in [6.07, 6.45) is 0.857. The molecule has 2 aliphatic rings. The molecule has 4 rings (SSSR count). The average Bonchev–Trinajstić information content (AvgIpc) is 3.19. The molecule has 8 heteroatoms. The van der Waals surface area contributed by atoms with Crippen LogP contribution in [0, 0.1) is 5.82 Å². The SMILES string of the molecule is CCOc1ccc2c(c1)CN(C(=O)C1=NN(c3ccc(F)cc3)C(C(N)=O)C1)CC2. The highest BCUT2D eigenvalue weighted by atomic mass is 19.1. The van der Waals surface area contributed by atoms with Gasteiger partial charge in [-0.1, -0.05) is 6.07 Å². The standard InChI is InChI=1S/C22H23FN4O3/c1-2-30-18-8-3-14-9-10-26(13-15(14)11-18)22(29)19-12-20(21(24)28)27(25-19)17-6-4-16(23)5-7-17/h3-8,11,20H,2,9-10,12-13H2,1H3,(H2,24,28). The number of halogens is 1. The van der Waals surface area contributed by atoms with Crippen molar-refractivity contribution in [1.29, 1.82) is 0 Å². The minimum Gasteiger partial charge on any atom is -0.494 e. The number of rotatable bonds is 5. The van der Waals surface area contributed by atoms with Gasteiger partial charge in [0, 0.05) is 19.5 Å². The van der Waals surface area contributed by atoms with Crippen molar-refractivity contribution in [3.8, 4) is 5.75 Å². The third kappa shape index (κ3) is 3.85. The molecule has 1 unspecified atom stereocenters. The van der Waals surface area contributed by atoms with Crippen LogP contribution in [0.3, 0.4) is 0 Å². The van der Waals surface area contributed by atoms with Gasteiger partial charge in [-0.25, -0.2) is 4.39 Å². The monoisotopic (exact) mass is 410 g/mol. The van der Waals surface area contributed by atoms with Gasteiger partial charge in [0.25, 0.3) is 5.91 Å². The molecule has 0 aliphatic carbocycles. The lowest BCUT2D eigenvalue weighted by molar-refractivity contribution is -0.125. The second-order valence-electron chi connectivity index (χ2n) is 7.33. The molecule has 156 valence electrons. The van der Waals surface area contributed by atoms with Crippen LogP contribution in [0.1, 0.15) is 24.5 Å². The van der Waals surface area contributed by atoms with Gasteiger partial charge < -0.3 is 15.4 Å². The van der Waals surface area contributed by atoms with Crippen LogP contribution < -0.4 is 15.5 Å². The van der Waals surface area contributed by atoms with Crippen molar-refractivity contribution in [3.63, 3.8) is 0 Å². The van der Waals surface area contributed by atoms with Gasteiger partial charge in [0.2, 0.25) is 5.91 Å². The first-order valence-corrected chi connectivity index (χ1v) is 9.91. The molecule has 30 heavy (non-hydrogen) atoms. The predicted molar refractivity (Wildman–Crippen MR) is 111 cm³/mol. The van der Waals surface area contributed by atoms with E-state index in [1.54, 1.807) is 4.90 Å². The quantitative estimate of drug-likeness (QED) is 0.819. The molecule has 7 nitrogen and oxygen atoms in total. The van der Waals surface area contributed by atoms with Gasteiger partial charge in [-0.2, -0.15) is 5.10 Å². The Morgan fingerprint density at radius 1 is 1.20 bits per heavy atom. The van der Waals surface area contributed by atoms with Crippen molar-refractivity contribution in [2.24, 2.45) is 10.8 Å². The van der Waals surface area contributed by atoms with Gasteiger partial charge in [-0.15, -0.1) is 0 Å². The van der Waals surface area contributed by atoms with Gasteiger partial charge in [0.15, 0.2) is 0 Å². The van der Waals surface area contributed by atoms with E-state index < -0.39 is 17.8 Å². The van der Waals surface area contributed by atoms with E-state index in [0.29, 0.717) is 25.4 Å². The summed E-state index contributed by atoms with van der Waals surface area (Å²) in [6, 6.07) is 10.7. The first kappa shape index (κ1) is 19.9. The van der Waals surface area contributed by atoms with Crippen molar-refractivity contribution >= 4 is 23.2 Å². The lowest BCUT2D eigenvalue weighted by atomic mass is 9.98. The van der Waals surface area contributed by atoms with Crippen molar-refractivity contribution in [1.82, 2.24) is 4.90 Å². The van der Waals surface area contributed by atoms with E-state index in [9.17, 15) is 14.0 Å². The molecular weight excluding hydrogens is 387 g/mol. The van der Waals surface area contributed by atoms with Crippen molar-refractivity contribution in [2.45, 2.75) is 32.4 Å². The summed E-state index contributed by atoms with van der Waals surface area (Å²) in [6.45, 7) is 3.52. The Morgan fingerprint density at radius 3 is 2.67 bits per heavy atom. The number of ether oxygens (including phenoxy) is 1. The van der Waals surface area contributed by atoms with Crippen LogP contribution in [0.2, 0.25) is 0 Å². The highest BCUT2D eigenvalue weighted by Gasteiger charge is 2.37. The molecule has 0 bridgehead atoms. The molecule has 2 aliphatic heterocycles. The smallest absolute Gasteiger partial charge is 0.270 e. The van der Waals surface area contributed by atoms with Gasteiger partial charge >= 0.3 is 0 Å². The Hall–Kier alpha value is -3.42. The summed E-state index contributed by atoms with van der Waals surface area (Å²) in [7, 11) is 0. The minimum absolute atomic E-state index is 0.119. The van der Waals surface area contributed by atoms with E-state index in [-0.39, 0.29) is 18.0 Å². The molecule has 2 N–H and O–H groups in total.